The van der Waals surface area contributed by atoms with E-state index in [1.54, 1.807) is 13.8 Å². The second-order valence-corrected chi connectivity index (χ2v) is 5.72. The number of hydrogen-bond acceptors (Lipinski definition) is 7. The van der Waals surface area contributed by atoms with Crippen LogP contribution in [0.4, 0.5) is 0 Å². The van der Waals surface area contributed by atoms with Gasteiger partial charge in [0.05, 0.1) is 17.1 Å². The third-order valence-corrected chi connectivity index (χ3v) is 3.33. The lowest BCUT2D eigenvalue weighted by molar-refractivity contribution is 0.129. The van der Waals surface area contributed by atoms with Gasteiger partial charge in [0.1, 0.15) is 6.61 Å². The molecule has 0 bridgehead atoms. The van der Waals surface area contributed by atoms with E-state index in [2.05, 4.69) is 15.5 Å². The topological polar surface area (TPSA) is 90.0 Å². The monoisotopic (exact) mass is 334 g/mol. The van der Waals surface area contributed by atoms with Crippen molar-refractivity contribution < 1.29 is 15.3 Å². The average Bonchev–Trinajstić information content (AvgIpc) is 2.60. The highest BCUT2D eigenvalue weighted by atomic mass is 16.6. The van der Waals surface area contributed by atoms with Crippen molar-refractivity contribution in [2.24, 2.45) is 15.5 Å². The summed E-state index contributed by atoms with van der Waals surface area (Å²) in [6.07, 6.45) is 0.701. The van der Waals surface area contributed by atoms with Gasteiger partial charge in [-0.05, 0) is 26.3 Å². The molecule has 0 saturated heterocycles. The average molecular weight is 334 g/mol. The summed E-state index contributed by atoms with van der Waals surface area (Å²) < 4.78 is 0. The molecule has 0 unspecified atom stereocenters. The first-order valence-electron chi connectivity index (χ1n) is 7.82. The smallest absolute Gasteiger partial charge is 0.142 e. The lowest BCUT2D eigenvalue weighted by Gasteiger charge is -2.21. The number of hydrogen-bond donors (Lipinski definition) is 2. The molecule has 0 aromatic heterocycles. The molecule has 0 amide bonds. The molecular formula is C17H26N4O3. The van der Waals surface area contributed by atoms with Crippen LogP contribution in [0, 0.1) is 0 Å². The predicted octanol–water partition coefficient (Wildman–Crippen LogP) is 2.97. The summed E-state index contributed by atoms with van der Waals surface area (Å²) in [6.45, 7) is 7.48. The van der Waals surface area contributed by atoms with Gasteiger partial charge in [-0.3, -0.25) is 4.90 Å². The molecule has 132 valence electrons. The van der Waals surface area contributed by atoms with Gasteiger partial charge >= 0.3 is 0 Å². The zero-order chi connectivity index (χ0) is 17.8. The third kappa shape index (κ3) is 8.28. The Balaban J connectivity index is 2.46. The normalized spacial score (nSPS) is 13.4. The number of rotatable bonds is 10. The van der Waals surface area contributed by atoms with Gasteiger partial charge in [0, 0.05) is 26.1 Å². The molecule has 2 N–H and O–H groups in total. The molecule has 0 heterocycles. The fourth-order valence-electron chi connectivity index (χ4n) is 2.08. The van der Waals surface area contributed by atoms with Gasteiger partial charge < -0.3 is 15.3 Å². The summed E-state index contributed by atoms with van der Waals surface area (Å²) >= 11 is 0. The third-order valence-electron chi connectivity index (χ3n) is 3.33. The second kappa shape index (κ2) is 11.2. The van der Waals surface area contributed by atoms with Crippen molar-refractivity contribution in [1.82, 2.24) is 4.90 Å². The number of oxime groups is 3. The Bertz CT molecular complexity index is 550. The molecule has 0 radical (unpaired) electrons. The van der Waals surface area contributed by atoms with Crippen molar-refractivity contribution in [3.05, 3.63) is 35.9 Å². The van der Waals surface area contributed by atoms with Crippen molar-refractivity contribution in [2.45, 2.75) is 33.8 Å². The van der Waals surface area contributed by atoms with Gasteiger partial charge in [0.25, 0.3) is 0 Å². The van der Waals surface area contributed by atoms with Gasteiger partial charge in [-0.2, -0.15) is 0 Å². The van der Waals surface area contributed by atoms with Crippen molar-refractivity contribution in [3.8, 4) is 0 Å². The van der Waals surface area contributed by atoms with E-state index < -0.39 is 0 Å². The molecule has 24 heavy (non-hydrogen) atoms. The standard InChI is InChI=1S/C17H26N4O3/c1-14(20-24-13-17-7-5-4-6-8-17)9-10-21(11-15(2)18-22)12-16(3)19-23/h4-8,22-23H,9-13H2,1-3H3/b18-15-,19-16+,20-14+. The Hall–Kier alpha value is -2.41. The minimum atomic E-state index is 0.439. The van der Waals surface area contributed by atoms with Crippen LogP contribution in [0.25, 0.3) is 0 Å². The summed E-state index contributed by atoms with van der Waals surface area (Å²) in [5.41, 5.74) is 3.12. The van der Waals surface area contributed by atoms with Crippen LogP contribution in [0.2, 0.25) is 0 Å². The van der Waals surface area contributed by atoms with Crippen LogP contribution in [0.15, 0.2) is 45.8 Å². The summed E-state index contributed by atoms with van der Waals surface area (Å²) in [4.78, 5) is 7.37. The van der Waals surface area contributed by atoms with Crippen LogP contribution in [-0.4, -0.2) is 52.1 Å². The minimum Gasteiger partial charge on any atom is -0.411 e. The van der Waals surface area contributed by atoms with Crippen LogP contribution in [0.5, 0.6) is 0 Å². The molecule has 0 aliphatic rings. The predicted molar refractivity (Wildman–Crippen MR) is 95.2 cm³/mol. The first-order valence-corrected chi connectivity index (χ1v) is 7.82. The van der Waals surface area contributed by atoms with Gasteiger partial charge in [-0.15, -0.1) is 0 Å². The first kappa shape index (κ1) is 19.6. The lowest BCUT2D eigenvalue weighted by Crippen LogP contribution is -2.34. The zero-order valence-electron chi connectivity index (χ0n) is 14.5. The fraction of sp³-hybridized carbons (Fsp3) is 0.471. The summed E-state index contributed by atoms with van der Waals surface area (Å²) in [7, 11) is 0. The Morgan fingerprint density at radius 2 is 1.54 bits per heavy atom. The van der Waals surface area contributed by atoms with E-state index in [1.165, 1.54) is 0 Å². The van der Waals surface area contributed by atoms with Crippen molar-refractivity contribution in [1.29, 1.82) is 0 Å². The van der Waals surface area contributed by atoms with Crippen molar-refractivity contribution in [3.63, 3.8) is 0 Å². The Labute approximate surface area is 142 Å². The summed E-state index contributed by atoms with van der Waals surface area (Å²) in [5, 5.41) is 28.1. The first-order chi connectivity index (χ1) is 11.5. The Kier molecular flexibility index (Phi) is 9.14. The molecule has 1 rings (SSSR count). The highest BCUT2D eigenvalue weighted by Gasteiger charge is 2.09. The summed E-state index contributed by atoms with van der Waals surface area (Å²) in [5.74, 6) is 0. The van der Waals surface area contributed by atoms with Crippen LogP contribution in [0.1, 0.15) is 32.8 Å². The quantitative estimate of drug-likeness (QED) is 0.391. The minimum absolute atomic E-state index is 0.439. The van der Waals surface area contributed by atoms with Crippen LogP contribution >= 0.6 is 0 Å². The molecular weight excluding hydrogens is 308 g/mol. The van der Waals surface area contributed by atoms with Gasteiger partial charge in [-0.25, -0.2) is 0 Å². The van der Waals surface area contributed by atoms with Crippen LogP contribution in [0.3, 0.4) is 0 Å². The molecule has 1 aromatic carbocycles. The molecule has 0 saturated carbocycles. The largest absolute Gasteiger partial charge is 0.411 e. The van der Waals surface area contributed by atoms with Crippen molar-refractivity contribution >= 4 is 17.1 Å². The molecule has 0 atom stereocenters. The lowest BCUT2D eigenvalue weighted by atomic mass is 10.2. The molecule has 0 fully saturated rings. The SMILES string of the molecule is C/C(CN(CC/C(C)=N/OCc1ccccc1)C/C(C)=N/O)=N/O. The molecule has 7 heteroatoms. The highest BCUT2D eigenvalue weighted by Crippen LogP contribution is 2.02. The maximum atomic E-state index is 8.81. The Morgan fingerprint density at radius 1 is 0.958 bits per heavy atom. The summed E-state index contributed by atoms with van der Waals surface area (Å²) in [6, 6.07) is 9.86. The van der Waals surface area contributed by atoms with E-state index in [4.69, 9.17) is 15.3 Å². The van der Waals surface area contributed by atoms with Crippen molar-refractivity contribution in [2.75, 3.05) is 19.6 Å². The van der Waals surface area contributed by atoms with E-state index in [0.29, 0.717) is 44.1 Å². The van der Waals surface area contributed by atoms with E-state index in [-0.39, 0.29) is 0 Å². The van der Waals surface area contributed by atoms with Gasteiger partial charge in [-0.1, -0.05) is 45.8 Å². The molecule has 0 aliphatic carbocycles. The molecule has 1 aromatic rings. The maximum Gasteiger partial charge on any atom is 0.142 e. The maximum absolute atomic E-state index is 8.81. The van der Waals surface area contributed by atoms with Crippen LogP contribution in [-0.2, 0) is 11.4 Å². The number of nitrogens with zero attached hydrogens (tertiary/aromatic N) is 4. The zero-order valence-corrected chi connectivity index (χ0v) is 14.5. The van der Waals surface area contributed by atoms with E-state index in [1.807, 2.05) is 42.2 Å². The highest BCUT2D eigenvalue weighted by molar-refractivity contribution is 5.86. The van der Waals surface area contributed by atoms with Crippen LogP contribution < -0.4 is 0 Å². The molecule has 0 aliphatic heterocycles. The second-order valence-electron chi connectivity index (χ2n) is 5.72. The molecule has 7 nitrogen and oxygen atoms in total. The van der Waals surface area contributed by atoms with E-state index >= 15 is 0 Å². The number of benzene rings is 1. The van der Waals surface area contributed by atoms with E-state index in [9.17, 15) is 0 Å². The fourth-order valence-corrected chi connectivity index (χ4v) is 2.08. The Morgan fingerprint density at radius 3 is 2.08 bits per heavy atom. The van der Waals surface area contributed by atoms with Gasteiger partial charge in [0.2, 0.25) is 0 Å². The van der Waals surface area contributed by atoms with E-state index in [0.717, 1.165) is 11.3 Å². The molecule has 0 spiro atoms. The van der Waals surface area contributed by atoms with Gasteiger partial charge in [0.15, 0.2) is 0 Å².